The van der Waals surface area contributed by atoms with Crippen molar-refractivity contribution in [2.45, 2.75) is 6.92 Å². The van der Waals surface area contributed by atoms with Gasteiger partial charge in [0.1, 0.15) is 11.5 Å². The molecule has 154 valence electrons. The van der Waals surface area contributed by atoms with Crippen LogP contribution in [0.15, 0.2) is 66.7 Å². The molecular weight excluding hydrogens is 400 g/mol. The second-order valence-corrected chi connectivity index (χ2v) is 6.77. The zero-order valence-electron chi connectivity index (χ0n) is 16.3. The number of phenols is 1. The quantitative estimate of drug-likeness (QED) is 0.292. The number of nitrogens with zero attached hydrogens (tertiary/aromatic N) is 1. The molecule has 0 spiro atoms. The molecule has 8 nitrogen and oxygen atoms in total. The van der Waals surface area contributed by atoms with E-state index in [1.807, 2.05) is 0 Å². The zero-order chi connectivity index (χ0) is 22.1. The lowest BCUT2D eigenvalue weighted by Crippen LogP contribution is -2.29. The number of rotatable bonds is 4. The van der Waals surface area contributed by atoms with Crippen molar-refractivity contribution in [3.63, 3.8) is 0 Å². The van der Waals surface area contributed by atoms with Gasteiger partial charge in [0.15, 0.2) is 0 Å². The molecule has 0 aromatic heterocycles. The van der Waals surface area contributed by atoms with E-state index in [2.05, 4.69) is 5.32 Å². The molecule has 0 atom stereocenters. The number of imide groups is 1. The smallest absolute Gasteiger partial charge is 0.308 e. The Kier molecular flexibility index (Phi) is 4.96. The number of hydrogen-bond donors (Lipinski definition) is 2. The maximum absolute atomic E-state index is 13.0. The van der Waals surface area contributed by atoms with Gasteiger partial charge in [-0.05, 0) is 42.5 Å². The van der Waals surface area contributed by atoms with Gasteiger partial charge < -0.3 is 15.2 Å². The average molecular weight is 416 g/mol. The van der Waals surface area contributed by atoms with Crippen LogP contribution in [0.25, 0.3) is 0 Å². The predicted molar refractivity (Wildman–Crippen MR) is 111 cm³/mol. The second-order valence-electron chi connectivity index (χ2n) is 6.77. The van der Waals surface area contributed by atoms with E-state index in [1.54, 1.807) is 24.3 Å². The van der Waals surface area contributed by atoms with E-state index in [1.165, 1.54) is 49.4 Å². The Hall–Kier alpha value is -4.46. The first-order valence-electron chi connectivity index (χ1n) is 9.26. The van der Waals surface area contributed by atoms with Crippen LogP contribution in [0.2, 0.25) is 0 Å². The first kappa shape index (κ1) is 19.8. The van der Waals surface area contributed by atoms with E-state index in [0.717, 1.165) is 4.90 Å². The second kappa shape index (κ2) is 7.75. The molecule has 8 heteroatoms. The number of anilines is 2. The minimum Gasteiger partial charge on any atom is -0.506 e. The average Bonchev–Trinajstić information content (AvgIpc) is 2.99. The van der Waals surface area contributed by atoms with Crippen molar-refractivity contribution >= 4 is 35.1 Å². The molecule has 2 N–H and O–H groups in total. The molecule has 0 saturated heterocycles. The first-order valence-corrected chi connectivity index (χ1v) is 9.26. The van der Waals surface area contributed by atoms with Gasteiger partial charge in [0.2, 0.25) is 0 Å². The van der Waals surface area contributed by atoms with Crippen LogP contribution in [0, 0.1) is 0 Å². The van der Waals surface area contributed by atoms with Crippen molar-refractivity contribution in [3.8, 4) is 11.5 Å². The predicted octanol–water partition coefficient (Wildman–Crippen LogP) is 3.37. The van der Waals surface area contributed by atoms with Crippen LogP contribution < -0.4 is 15.0 Å². The number of fused-ring (bicyclic) bond motifs is 1. The highest BCUT2D eigenvalue weighted by Gasteiger charge is 2.37. The van der Waals surface area contributed by atoms with Gasteiger partial charge in [-0.15, -0.1) is 0 Å². The Morgan fingerprint density at radius 2 is 1.65 bits per heavy atom. The van der Waals surface area contributed by atoms with Crippen molar-refractivity contribution in [1.29, 1.82) is 0 Å². The van der Waals surface area contributed by atoms with Gasteiger partial charge in [-0.1, -0.05) is 18.2 Å². The number of esters is 1. The fourth-order valence-corrected chi connectivity index (χ4v) is 3.24. The molecule has 0 bridgehead atoms. The Bertz CT molecular complexity index is 1250. The lowest BCUT2D eigenvalue weighted by molar-refractivity contribution is -0.131. The molecule has 0 fully saturated rings. The molecule has 0 unspecified atom stereocenters. The van der Waals surface area contributed by atoms with E-state index in [0.29, 0.717) is 0 Å². The molecule has 1 aliphatic heterocycles. The van der Waals surface area contributed by atoms with Gasteiger partial charge in [0.25, 0.3) is 17.7 Å². The number of hydrogen-bond acceptors (Lipinski definition) is 6. The number of benzene rings is 3. The largest absolute Gasteiger partial charge is 0.506 e. The van der Waals surface area contributed by atoms with E-state index >= 15 is 0 Å². The maximum atomic E-state index is 13.0. The van der Waals surface area contributed by atoms with Crippen molar-refractivity contribution in [2.24, 2.45) is 0 Å². The normalized spacial score (nSPS) is 12.5. The number of nitrogens with one attached hydrogen (secondary N) is 1. The summed E-state index contributed by atoms with van der Waals surface area (Å²) in [6, 6.07) is 16.5. The van der Waals surface area contributed by atoms with Crippen LogP contribution in [0.1, 0.15) is 38.0 Å². The zero-order valence-corrected chi connectivity index (χ0v) is 16.3. The fraction of sp³-hybridized carbons (Fsp3) is 0.0435. The summed E-state index contributed by atoms with van der Waals surface area (Å²) in [4.78, 5) is 50.5. The molecule has 4 rings (SSSR count). The van der Waals surface area contributed by atoms with E-state index in [9.17, 15) is 24.3 Å². The lowest BCUT2D eigenvalue weighted by Gasteiger charge is -2.14. The molecule has 1 heterocycles. The molecule has 0 aliphatic carbocycles. The number of para-hydroxylation sites is 2. The Morgan fingerprint density at radius 3 is 2.39 bits per heavy atom. The lowest BCUT2D eigenvalue weighted by atomic mass is 10.1. The molecule has 31 heavy (non-hydrogen) atoms. The van der Waals surface area contributed by atoms with E-state index in [4.69, 9.17) is 4.74 Å². The SMILES string of the molecule is CC(=O)Oc1cccc(N2C(=O)c3ccc(C(=O)Nc4ccccc4O)cc3C2=O)c1. The third kappa shape index (κ3) is 3.74. The summed E-state index contributed by atoms with van der Waals surface area (Å²) < 4.78 is 5.02. The molecule has 0 radical (unpaired) electrons. The number of carbonyl (C=O) groups is 4. The topological polar surface area (TPSA) is 113 Å². The van der Waals surface area contributed by atoms with Gasteiger partial charge in [-0.2, -0.15) is 0 Å². The molecule has 0 saturated carbocycles. The highest BCUT2D eigenvalue weighted by molar-refractivity contribution is 6.34. The summed E-state index contributed by atoms with van der Waals surface area (Å²) >= 11 is 0. The van der Waals surface area contributed by atoms with E-state index in [-0.39, 0.29) is 39.6 Å². The van der Waals surface area contributed by atoms with E-state index < -0.39 is 23.7 Å². The van der Waals surface area contributed by atoms with Crippen LogP contribution in [0.3, 0.4) is 0 Å². The third-order valence-corrected chi connectivity index (χ3v) is 4.64. The molecule has 1 aliphatic rings. The molecular formula is C23H16N2O6. The number of ether oxygens (including phenoxy) is 1. The Balaban J connectivity index is 1.63. The van der Waals surface area contributed by atoms with Crippen LogP contribution in [0.4, 0.5) is 11.4 Å². The fourth-order valence-electron chi connectivity index (χ4n) is 3.24. The maximum Gasteiger partial charge on any atom is 0.308 e. The summed E-state index contributed by atoms with van der Waals surface area (Å²) in [5.74, 6) is -2.12. The van der Waals surface area contributed by atoms with Crippen molar-refractivity contribution < 1.29 is 29.0 Å². The van der Waals surface area contributed by atoms with Crippen LogP contribution in [0.5, 0.6) is 11.5 Å². The monoisotopic (exact) mass is 416 g/mol. The number of phenolic OH excluding ortho intramolecular Hbond substituents is 1. The summed E-state index contributed by atoms with van der Waals surface area (Å²) in [6.45, 7) is 1.25. The van der Waals surface area contributed by atoms with Crippen LogP contribution >= 0.6 is 0 Å². The summed E-state index contributed by atoms with van der Waals surface area (Å²) in [5.41, 5.74) is 0.845. The van der Waals surface area contributed by atoms with Gasteiger partial charge in [0, 0.05) is 18.6 Å². The molecule has 3 aromatic carbocycles. The van der Waals surface area contributed by atoms with Gasteiger partial charge in [-0.3, -0.25) is 19.2 Å². The number of carbonyl (C=O) groups excluding carboxylic acids is 4. The van der Waals surface area contributed by atoms with Crippen molar-refractivity contribution in [2.75, 3.05) is 10.2 Å². The highest BCUT2D eigenvalue weighted by atomic mass is 16.5. The Morgan fingerprint density at radius 1 is 0.903 bits per heavy atom. The summed E-state index contributed by atoms with van der Waals surface area (Å²) in [6.07, 6.45) is 0. The minimum absolute atomic E-state index is 0.0767. The molecule has 3 amide bonds. The minimum atomic E-state index is -0.600. The standard InChI is InChI=1S/C23H16N2O6/c1-13(26)31-16-6-4-5-15(12-16)25-22(29)17-10-9-14(11-18(17)23(25)30)21(28)24-19-7-2-3-8-20(19)27/h2-12,27H,1H3,(H,24,28). The molecule has 3 aromatic rings. The first-order chi connectivity index (χ1) is 14.8. The summed E-state index contributed by atoms with van der Waals surface area (Å²) in [7, 11) is 0. The Labute approximate surface area is 176 Å². The number of amides is 3. The van der Waals surface area contributed by atoms with Gasteiger partial charge >= 0.3 is 5.97 Å². The van der Waals surface area contributed by atoms with Gasteiger partial charge in [-0.25, -0.2) is 4.90 Å². The third-order valence-electron chi connectivity index (χ3n) is 4.64. The number of aromatic hydroxyl groups is 1. The highest BCUT2D eigenvalue weighted by Crippen LogP contribution is 2.31. The summed E-state index contributed by atoms with van der Waals surface area (Å²) in [5, 5.41) is 12.4. The van der Waals surface area contributed by atoms with Gasteiger partial charge in [0.05, 0.1) is 22.5 Å². The van der Waals surface area contributed by atoms with Crippen LogP contribution in [-0.2, 0) is 4.79 Å². The van der Waals surface area contributed by atoms with Crippen LogP contribution in [-0.4, -0.2) is 28.8 Å². The van der Waals surface area contributed by atoms with Crippen molar-refractivity contribution in [1.82, 2.24) is 0 Å². The van der Waals surface area contributed by atoms with Crippen molar-refractivity contribution in [3.05, 3.63) is 83.4 Å².